The molecule has 0 unspecified atom stereocenters. The monoisotopic (exact) mass is 450 g/mol. The topological polar surface area (TPSA) is 74.4 Å². The highest BCUT2D eigenvalue weighted by molar-refractivity contribution is 5.89. The van der Waals surface area contributed by atoms with Crippen LogP contribution in [0.25, 0.3) is 0 Å². The molecule has 1 N–H and O–H groups in total. The van der Waals surface area contributed by atoms with Crippen molar-refractivity contribution in [2.45, 2.75) is 18.9 Å². The zero-order chi connectivity index (χ0) is 22.6. The number of nitrogens with one attached hydrogen (secondary N) is 1. The van der Waals surface area contributed by atoms with Crippen LogP contribution in [-0.4, -0.2) is 79.1 Å². The second kappa shape index (κ2) is 9.70. The van der Waals surface area contributed by atoms with Gasteiger partial charge in [-0.05, 0) is 42.7 Å². The van der Waals surface area contributed by atoms with Gasteiger partial charge in [0.2, 0.25) is 5.91 Å². The minimum Gasteiger partial charge on any atom is -0.486 e. The van der Waals surface area contributed by atoms with Crippen LogP contribution < -0.4 is 14.8 Å². The maximum Gasteiger partial charge on any atom is 0.321 e. The van der Waals surface area contributed by atoms with Crippen molar-refractivity contribution in [1.82, 2.24) is 14.7 Å². The van der Waals surface area contributed by atoms with Gasteiger partial charge < -0.3 is 24.6 Å². The highest BCUT2D eigenvalue weighted by Crippen LogP contribution is 2.38. The molecule has 0 radical (unpaired) electrons. The van der Waals surface area contributed by atoms with Gasteiger partial charge in [-0.1, -0.05) is 24.3 Å². The summed E-state index contributed by atoms with van der Waals surface area (Å²) in [6.45, 7) is 4.88. The Bertz CT molecular complexity index is 991. The average molecular weight is 451 g/mol. The number of amides is 3. The molecule has 1 atom stereocenters. The van der Waals surface area contributed by atoms with Crippen molar-refractivity contribution in [2.75, 3.05) is 57.8 Å². The average Bonchev–Trinajstić information content (AvgIpc) is 3.35. The van der Waals surface area contributed by atoms with Gasteiger partial charge in [-0.25, -0.2) is 4.79 Å². The van der Waals surface area contributed by atoms with Crippen LogP contribution in [0.1, 0.15) is 24.4 Å². The van der Waals surface area contributed by atoms with E-state index in [-0.39, 0.29) is 18.0 Å². The lowest BCUT2D eigenvalue weighted by atomic mass is 10.0. The van der Waals surface area contributed by atoms with Gasteiger partial charge in [0.25, 0.3) is 0 Å². The summed E-state index contributed by atoms with van der Waals surface area (Å²) in [5.41, 5.74) is 1.90. The third-order valence-corrected chi connectivity index (χ3v) is 6.57. The highest BCUT2D eigenvalue weighted by atomic mass is 16.6. The van der Waals surface area contributed by atoms with E-state index in [1.54, 1.807) is 0 Å². The van der Waals surface area contributed by atoms with Gasteiger partial charge in [-0.3, -0.25) is 9.69 Å². The van der Waals surface area contributed by atoms with Crippen LogP contribution in [-0.2, 0) is 4.79 Å². The van der Waals surface area contributed by atoms with E-state index in [0.717, 1.165) is 42.1 Å². The van der Waals surface area contributed by atoms with Crippen LogP contribution in [0.4, 0.5) is 10.5 Å². The molecule has 174 valence electrons. The fourth-order valence-corrected chi connectivity index (χ4v) is 4.79. The summed E-state index contributed by atoms with van der Waals surface area (Å²) in [7, 11) is 0. The molecule has 3 amide bonds. The zero-order valence-electron chi connectivity index (χ0n) is 18.7. The second-order valence-electron chi connectivity index (χ2n) is 8.71. The smallest absolute Gasteiger partial charge is 0.321 e. The van der Waals surface area contributed by atoms with Crippen molar-refractivity contribution in [3.8, 4) is 11.5 Å². The van der Waals surface area contributed by atoms with Crippen LogP contribution in [0.5, 0.6) is 11.5 Å². The van der Waals surface area contributed by atoms with Crippen molar-refractivity contribution < 1.29 is 19.1 Å². The molecule has 8 nitrogen and oxygen atoms in total. The second-order valence-corrected chi connectivity index (χ2v) is 8.71. The first-order chi connectivity index (χ1) is 16.2. The van der Waals surface area contributed by atoms with Crippen LogP contribution >= 0.6 is 0 Å². The first-order valence-electron chi connectivity index (χ1n) is 11.7. The van der Waals surface area contributed by atoms with E-state index in [1.165, 1.54) is 0 Å². The summed E-state index contributed by atoms with van der Waals surface area (Å²) in [6.07, 6.45) is 1.96. The lowest BCUT2D eigenvalue weighted by Crippen LogP contribution is -2.52. The normalized spacial score (nSPS) is 20.5. The molecule has 0 bridgehead atoms. The molecule has 3 heterocycles. The molecule has 5 rings (SSSR count). The summed E-state index contributed by atoms with van der Waals surface area (Å²) >= 11 is 0. The Morgan fingerprint density at radius 1 is 0.909 bits per heavy atom. The van der Waals surface area contributed by atoms with Crippen LogP contribution in [0.2, 0.25) is 0 Å². The minimum absolute atomic E-state index is 0.0752. The number of anilines is 1. The SMILES string of the molecule is O=C(Nc1ccccc1)N1CCN(CC(=O)N2CCC[C@H]2c2ccc3c(c2)OCCO3)CC1. The number of hydrogen-bond acceptors (Lipinski definition) is 5. The number of benzene rings is 2. The molecule has 2 aromatic carbocycles. The minimum atomic E-state index is -0.0922. The van der Waals surface area contributed by atoms with E-state index in [2.05, 4.69) is 10.2 Å². The molecule has 0 spiro atoms. The van der Waals surface area contributed by atoms with Crippen LogP contribution in [0, 0.1) is 0 Å². The number of nitrogens with zero attached hydrogens (tertiary/aromatic N) is 3. The van der Waals surface area contributed by atoms with Crippen LogP contribution in [0.15, 0.2) is 48.5 Å². The van der Waals surface area contributed by atoms with Crippen molar-refractivity contribution in [3.63, 3.8) is 0 Å². The van der Waals surface area contributed by atoms with Gasteiger partial charge in [-0.15, -0.1) is 0 Å². The number of likely N-dealkylation sites (tertiary alicyclic amines) is 1. The van der Waals surface area contributed by atoms with Gasteiger partial charge in [0, 0.05) is 38.4 Å². The lowest BCUT2D eigenvalue weighted by molar-refractivity contribution is -0.133. The van der Waals surface area contributed by atoms with E-state index in [1.807, 2.05) is 58.3 Å². The van der Waals surface area contributed by atoms with Gasteiger partial charge in [0.15, 0.2) is 11.5 Å². The number of para-hydroxylation sites is 1. The van der Waals surface area contributed by atoms with Gasteiger partial charge in [0.05, 0.1) is 12.6 Å². The molecule has 3 aliphatic rings. The van der Waals surface area contributed by atoms with Gasteiger partial charge in [-0.2, -0.15) is 0 Å². The van der Waals surface area contributed by atoms with Gasteiger partial charge >= 0.3 is 6.03 Å². The largest absolute Gasteiger partial charge is 0.486 e. The third kappa shape index (κ3) is 4.90. The summed E-state index contributed by atoms with van der Waals surface area (Å²) < 4.78 is 11.4. The van der Waals surface area contributed by atoms with Gasteiger partial charge in [0.1, 0.15) is 13.2 Å². The Hall–Kier alpha value is -3.26. The number of fused-ring (bicyclic) bond motifs is 1. The molecule has 33 heavy (non-hydrogen) atoms. The molecule has 2 aromatic rings. The Morgan fingerprint density at radius 2 is 1.67 bits per heavy atom. The molecule has 0 aromatic heterocycles. The van der Waals surface area contributed by atoms with Crippen molar-refractivity contribution in [1.29, 1.82) is 0 Å². The summed E-state index contributed by atoms with van der Waals surface area (Å²) in [5.74, 6) is 1.69. The summed E-state index contributed by atoms with van der Waals surface area (Å²) in [4.78, 5) is 31.6. The van der Waals surface area contributed by atoms with E-state index >= 15 is 0 Å². The van der Waals surface area contributed by atoms with Crippen molar-refractivity contribution in [3.05, 3.63) is 54.1 Å². The number of urea groups is 1. The van der Waals surface area contributed by atoms with E-state index in [4.69, 9.17) is 9.47 Å². The molecule has 2 fully saturated rings. The van der Waals surface area contributed by atoms with Crippen LogP contribution in [0.3, 0.4) is 0 Å². The lowest BCUT2D eigenvalue weighted by Gasteiger charge is -2.35. The number of piperazine rings is 1. The molecule has 0 saturated carbocycles. The number of carbonyl (C=O) groups is 2. The number of hydrogen-bond donors (Lipinski definition) is 1. The fraction of sp³-hybridized carbons (Fsp3) is 0.440. The quantitative estimate of drug-likeness (QED) is 0.775. The molecule has 3 aliphatic heterocycles. The third-order valence-electron chi connectivity index (χ3n) is 6.57. The first kappa shape index (κ1) is 21.6. The number of rotatable bonds is 4. The van der Waals surface area contributed by atoms with Crippen molar-refractivity contribution >= 4 is 17.6 Å². The molecule has 0 aliphatic carbocycles. The predicted octanol–water partition coefficient (Wildman–Crippen LogP) is 2.97. The maximum atomic E-state index is 13.2. The number of ether oxygens (including phenoxy) is 2. The molecule has 2 saturated heterocycles. The Kier molecular flexibility index (Phi) is 6.35. The standard InChI is InChI=1S/C25H30N4O4/c30-24(18-27-11-13-28(14-12-27)25(31)26-20-5-2-1-3-6-20)29-10-4-7-21(29)19-8-9-22-23(17-19)33-16-15-32-22/h1-3,5-6,8-9,17,21H,4,7,10-16,18H2,(H,26,31)/t21-/m0/s1. The predicted molar refractivity (Wildman–Crippen MR) is 125 cm³/mol. The van der Waals surface area contributed by atoms with E-state index < -0.39 is 0 Å². The number of carbonyl (C=O) groups excluding carboxylic acids is 2. The van der Waals surface area contributed by atoms with E-state index in [9.17, 15) is 9.59 Å². The maximum absolute atomic E-state index is 13.2. The Labute approximate surface area is 194 Å². The van der Waals surface area contributed by atoms with Crippen molar-refractivity contribution in [2.24, 2.45) is 0 Å². The van der Waals surface area contributed by atoms with E-state index in [0.29, 0.717) is 45.9 Å². The molecule has 8 heteroatoms. The Morgan fingerprint density at radius 3 is 2.45 bits per heavy atom. The summed E-state index contributed by atoms with van der Waals surface area (Å²) in [5, 5.41) is 2.93. The summed E-state index contributed by atoms with van der Waals surface area (Å²) in [6, 6.07) is 15.5. The highest BCUT2D eigenvalue weighted by Gasteiger charge is 2.32. The fourth-order valence-electron chi connectivity index (χ4n) is 4.79. The zero-order valence-corrected chi connectivity index (χ0v) is 18.7. The molecular formula is C25H30N4O4. The molecular weight excluding hydrogens is 420 g/mol. The Balaban J connectivity index is 1.14. The first-order valence-corrected chi connectivity index (χ1v) is 11.7.